The molecule has 2 aromatic carbocycles. The summed E-state index contributed by atoms with van der Waals surface area (Å²) >= 11 is 4.77. The van der Waals surface area contributed by atoms with E-state index in [0.29, 0.717) is 21.9 Å². The van der Waals surface area contributed by atoms with Crippen molar-refractivity contribution in [3.8, 4) is 17.1 Å². The third-order valence-electron chi connectivity index (χ3n) is 3.75. The molecule has 4 rings (SSSR count). The number of thiazole rings is 1. The predicted octanol–water partition coefficient (Wildman–Crippen LogP) is 3.53. The zero-order chi connectivity index (χ0) is 18.1. The monoisotopic (exact) mass is 427 g/mol. The van der Waals surface area contributed by atoms with Crippen LogP contribution in [0.2, 0.25) is 0 Å². The van der Waals surface area contributed by atoms with E-state index >= 15 is 0 Å². The molecule has 0 unspecified atom stereocenters. The summed E-state index contributed by atoms with van der Waals surface area (Å²) in [5, 5.41) is 4.37. The number of nitrogens with zero attached hydrogens (tertiary/aromatic N) is 3. The van der Waals surface area contributed by atoms with Crippen molar-refractivity contribution in [2.45, 2.75) is 6.92 Å². The molecular formula is C19H14BrN3O2S. The molecule has 0 saturated carbocycles. The van der Waals surface area contributed by atoms with Crippen molar-refractivity contribution in [2.24, 2.45) is 0 Å². The van der Waals surface area contributed by atoms with E-state index in [-0.39, 0.29) is 5.56 Å². The Kier molecular flexibility index (Phi) is 4.57. The average Bonchev–Trinajstić information content (AvgIpc) is 3.16. The molecule has 0 aliphatic carbocycles. The summed E-state index contributed by atoms with van der Waals surface area (Å²) in [6.45, 7) is 2.56. The van der Waals surface area contributed by atoms with Gasteiger partial charge in [-0.3, -0.25) is 4.79 Å². The highest BCUT2D eigenvalue weighted by Gasteiger charge is 2.12. The van der Waals surface area contributed by atoms with Crippen molar-refractivity contribution >= 4 is 38.3 Å². The largest absolute Gasteiger partial charge is 0.494 e. The van der Waals surface area contributed by atoms with Crippen molar-refractivity contribution in [1.82, 2.24) is 14.6 Å². The van der Waals surface area contributed by atoms with Gasteiger partial charge in [0.1, 0.15) is 5.75 Å². The van der Waals surface area contributed by atoms with E-state index in [4.69, 9.17) is 4.74 Å². The highest BCUT2D eigenvalue weighted by atomic mass is 79.9. The summed E-state index contributed by atoms with van der Waals surface area (Å²) in [4.78, 5) is 17.7. The first kappa shape index (κ1) is 16.9. The van der Waals surface area contributed by atoms with Gasteiger partial charge in [-0.2, -0.15) is 9.50 Å². The Hall–Kier alpha value is -2.51. The summed E-state index contributed by atoms with van der Waals surface area (Å²) in [5.41, 5.74) is 1.64. The van der Waals surface area contributed by atoms with Gasteiger partial charge in [-0.1, -0.05) is 39.4 Å². The maximum absolute atomic E-state index is 12.6. The Bertz CT molecular complexity index is 1180. The van der Waals surface area contributed by atoms with E-state index in [1.54, 1.807) is 0 Å². The van der Waals surface area contributed by atoms with Gasteiger partial charge >= 0.3 is 0 Å². The second kappa shape index (κ2) is 7.01. The Labute approximate surface area is 161 Å². The summed E-state index contributed by atoms with van der Waals surface area (Å²) in [7, 11) is 0. The molecule has 7 heteroatoms. The van der Waals surface area contributed by atoms with Crippen LogP contribution in [0.5, 0.6) is 5.75 Å². The predicted molar refractivity (Wildman–Crippen MR) is 107 cm³/mol. The van der Waals surface area contributed by atoms with E-state index in [0.717, 1.165) is 21.3 Å². The van der Waals surface area contributed by atoms with E-state index in [9.17, 15) is 4.79 Å². The third-order valence-corrected chi connectivity index (χ3v) is 5.20. The molecular weight excluding hydrogens is 414 g/mol. The molecule has 0 atom stereocenters. The van der Waals surface area contributed by atoms with Crippen LogP contribution in [0.3, 0.4) is 0 Å². The molecule has 130 valence electrons. The third kappa shape index (κ3) is 3.27. The number of hydrogen-bond acceptors (Lipinski definition) is 5. The van der Waals surface area contributed by atoms with Gasteiger partial charge in [0.25, 0.3) is 5.56 Å². The lowest BCUT2D eigenvalue weighted by molar-refractivity contribution is 0.340. The van der Waals surface area contributed by atoms with E-state index in [2.05, 4.69) is 26.0 Å². The van der Waals surface area contributed by atoms with Crippen molar-refractivity contribution < 1.29 is 4.74 Å². The second-order valence-electron chi connectivity index (χ2n) is 5.56. The van der Waals surface area contributed by atoms with Crippen molar-refractivity contribution in [1.29, 1.82) is 0 Å². The van der Waals surface area contributed by atoms with Gasteiger partial charge in [-0.15, -0.1) is 5.10 Å². The fourth-order valence-electron chi connectivity index (χ4n) is 2.57. The molecule has 0 aliphatic rings. The number of fused-ring (bicyclic) bond motifs is 1. The van der Waals surface area contributed by atoms with Crippen LogP contribution in [0.25, 0.3) is 22.4 Å². The van der Waals surface area contributed by atoms with Crippen LogP contribution in [-0.2, 0) is 0 Å². The lowest BCUT2D eigenvalue weighted by Crippen LogP contribution is -2.23. The topological polar surface area (TPSA) is 56.5 Å². The second-order valence-corrected chi connectivity index (χ2v) is 7.48. The van der Waals surface area contributed by atoms with Crippen LogP contribution in [0.4, 0.5) is 0 Å². The maximum Gasteiger partial charge on any atom is 0.291 e. The van der Waals surface area contributed by atoms with Crippen molar-refractivity contribution in [3.63, 3.8) is 0 Å². The van der Waals surface area contributed by atoms with Crippen LogP contribution >= 0.6 is 27.3 Å². The number of hydrogen-bond donors (Lipinski definition) is 0. The molecule has 0 radical (unpaired) electrons. The SMILES string of the molecule is CCOc1ccc(-c2nc3sc(=Cc4cccc(Br)c4)c(=O)n3n2)cc1. The summed E-state index contributed by atoms with van der Waals surface area (Å²) < 4.78 is 8.38. The Morgan fingerprint density at radius 3 is 2.73 bits per heavy atom. The van der Waals surface area contributed by atoms with Crippen LogP contribution in [0.1, 0.15) is 12.5 Å². The highest BCUT2D eigenvalue weighted by molar-refractivity contribution is 9.10. The Morgan fingerprint density at radius 1 is 1.23 bits per heavy atom. The lowest BCUT2D eigenvalue weighted by atomic mass is 10.2. The molecule has 0 spiro atoms. The molecule has 26 heavy (non-hydrogen) atoms. The number of halogens is 1. The minimum Gasteiger partial charge on any atom is -0.494 e. The van der Waals surface area contributed by atoms with E-state index in [1.165, 1.54) is 15.9 Å². The molecule has 0 aliphatic heterocycles. The van der Waals surface area contributed by atoms with Crippen molar-refractivity contribution in [3.05, 3.63) is 73.5 Å². The minimum absolute atomic E-state index is 0.158. The molecule has 0 fully saturated rings. The van der Waals surface area contributed by atoms with Gasteiger partial charge in [0.15, 0.2) is 5.82 Å². The number of rotatable bonds is 4. The van der Waals surface area contributed by atoms with Crippen LogP contribution in [0.15, 0.2) is 57.8 Å². The zero-order valence-electron chi connectivity index (χ0n) is 13.8. The first-order valence-corrected chi connectivity index (χ1v) is 9.65. The minimum atomic E-state index is -0.158. The molecule has 0 saturated heterocycles. The first-order chi connectivity index (χ1) is 12.6. The van der Waals surface area contributed by atoms with Crippen LogP contribution in [0, 0.1) is 0 Å². The molecule has 0 bridgehead atoms. The number of aromatic nitrogens is 3. The van der Waals surface area contributed by atoms with Gasteiger partial charge in [0.2, 0.25) is 4.96 Å². The Balaban J connectivity index is 1.72. The zero-order valence-corrected chi connectivity index (χ0v) is 16.3. The smallest absolute Gasteiger partial charge is 0.291 e. The molecule has 2 aromatic heterocycles. The fourth-order valence-corrected chi connectivity index (χ4v) is 3.90. The Morgan fingerprint density at radius 2 is 2.04 bits per heavy atom. The van der Waals surface area contributed by atoms with E-state index in [1.807, 2.05) is 61.5 Å². The quantitative estimate of drug-likeness (QED) is 0.499. The lowest BCUT2D eigenvalue weighted by Gasteiger charge is -2.02. The van der Waals surface area contributed by atoms with Crippen molar-refractivity contribution in [2.75, 3.05) is 6.61 Å². The summed E-state index contributed by atoms with van der Waals surface area (Å²) in [5.74, 6) is 1.33. The molecule has 0 amide bonds. The van der Waals surface area contributed by atoms with Gasteiger partial charge in [0, 0.05) is 10.0 Å². The van der Waals surface area contributed by atoms with E-state index < -0.39 is 0 Å². The summed E-state index contributed by atoms with van der Waals surface area (Å²) in [6.07, 6.45) is 1.85. The molecule has 0 N–H and O–H groups in total. The first-order valence-electron chi connectivity index (χ1n) is 8.04. The van der Waals surface area contributed by atoms with Gasteiger partial charge < -0.3 is 4.74 Å². The van der Waals surface area contributed by atoms with Crippen LogP contribution in [-0.4, -0.2) is 21.2 Å². The normalized spacial score (nSPS) is 12.0. The van der Waals surface area contributed by atoms with Gasteiger partial charge in [-0.25, -0.2) is 0 Å². The standard InChI is InChI=1S/C19H14BrN3O2S/c1-2-25-15-8-6-13(7-9-15)17-21-19-23(22-17)18(24)16(26-19)11-12-4-3-5-14(20)10-12/h3-11H,2H2,1H3. The fraction of sp³-hybridized carbons (Fsp3) is 0.105. The molecule has 4 aromatic rings. The highest BCUT2D eigenvalue weighted by Crippen LogP contribution is 2.20. The maximum atomic E-state index is 12.6. The number of benzene rings is 2. The van der Waals surface area contributed by atoms with Gasteiger partial charge in [-0.05, 0) is 55.0 Å². The molecule has 5 nitrogen and oxygen atoms in total. The average molecular weight is 428 g/mol. The number of ether oxygens (including phenoxy) is 1. The summed E-state index contributed by atoms with van der Waals surface area (Å²) in [6, 6.07) is 15.3. The molecule has 2 heterocycles. The van der Waals surface area contributed by atoms with Gasteiger partial charge in [0.05, 0.1) is 11.1 Å². The van der Waals surface area contributed by atoms with Crippen LogP contribution < -0.4 is 14.8 Å².